The summed E-state index contributed by atoms with van der Waals surface area (Å²) in [5.74, 6) is 2.40. The molecule has 1 fully saturated rings. The maximum Gasteiger partial charge on any atom is 0.228 e. The number of H-pyrrole nitrogens is 1. The molecule has 1 amide bonds. The smallest absolute Gasteiger partial charge is 0.228 e. The molecule has 4 rings (SSSR count). The maximum absolute atomic E-state index is 12.8. The molecule has 0 saturated carbocycles. The predicted octanol–water partition coefficient (Wildman–Crippen LogP) is 2.72. The number of carbonyl (C=O) groups excluding carboxylic acids is 1. The fraction of sp³-hybridized carbons (Fsp3) is 0.368. The van der Waals surface area contributed by atoms with Crippen LogP contribution in [0, 0.1) is 6.92 Å². The number of hydrogen-bond donors (Lipinski definition) is 1. The minimum atomic E-state index is 0.0743. The van der Waals surface area contributed by atoms with Crippen LogP contribution in [0.3, 0.4) is 0 Å². The van der Waals surface area contributed by atoms with Gasteiger partial charge in [0.2, 0.25) is 11.8 Å². The number of aromatic amines is 1. The Morgan fingerprint density at radius 2 is 2.19 bits per heavy atom. The van der Waals surface area contributed by atoms with Crippen molar-refractivity contribution in [3.05, 3.63) is 53.9 Å². The number of amides is 1. The van der Waals surface area contributed by atoms with Gasteiger partial charge < -0.3 is 9.32 Å². The number of likely N-dealkylation sites (tertiary alicyclic amines) is 1. The van der Waals surface area contributed by atoms with Gasteiger partial charge in [0, 0.05) is 24.6 Å². The highest BCUT2D eigenvalue weighted by Crippen LogP contribution is 2.26. The first-order valence-corrected chi connectivity index (χ1v) is 8.85. The van der Waals surface area contributed by atoms with Crippen molar-refractivity contribution >= 4 is 5.91 Å². The summed E-state index contributed by atoms with van der Waals surface area (Å²) < 4.78 is 5.76. The predicted molar refractivity (Wildman–Crippen MR) is 95.3 cm³/mol. The second-order valence-electron chi connectivity index (χ2n) is 6.61. The topological polar surface area (TPSA) is 87.9 Å². The molecule has 3 aromatic rings. The molecule has 1 unspecified atom stereocenters. The first kappa shape index (κ1) is 16.5. The Hall–Kier alpha value is -2.96. The molecule has 1 saturated heterocycles. The van der Waals surface area contributed by atoms with Crippen molar-refractivity contribution in [3.8, 4) is 11.5 Å². The number of hydrogen-bond acceptors (Lipinski definition) is 5. The standard InChI is InChI=1S/C19H21N5O2/c1-13-16(22-19(26-13)14-6-3-2-4-7-14)10-17(25)24-9-5-8-15(11-24)18-20-12-21-23-18/h2-4,6-7,12,15H,5,8-11H2,1H3,(H,20,21,23). The lowest BCUT2D eigenvalue weighted by molar-refractivity contribution is -0.131. The number of aryl methyl sites for hydroxylation is 1. The van der Waals surface area contributed by atoms with Crippen molar-refractivity contribution in [2.45, 2.75) is 32.1 Å². The van der Waals surface area contributed by atoms with Crippen molar-refractivity contribution in [1.29, 1.82) is 0 Å². The van der Waals surface area contributed by atoms with E-state index in [0.717, 1.165) is 30.8 Å². The highest BCUT2D eigenvalue weighted by molar-refractivity contribution is 5.79. The fourth-order valence-corrected chi connectivity index (χ4v) is 3.39. The number of rotatable bonds is 4. The molecular formula is C19H21N5O2. The van der Waals surface area contributed by atoms with Crippen molar-refractivity contribution in [2.24, 2.45) is 0 Å². The molecule has 0 bridgehead atoms. The van der Waals surface area contributed by atoms with Crippen molar-refractivity contribution in [2.75, 3.05) is 13.1 Å². The zero-order valence-corrected chi connectivity index (χ0v) is 14.7. The Bertz CT molecular complexity index is 873. The van der Waals surface area contributed by atoms with E-state index in [1.54, 1.807) is 0 Å². The minimum Gasteiger partial charge on any atom is -0.441 e. The van der Waals surface area contributed by atoms with Crippen LogP contribution in [0.1, 0.15) is 36.0 Å². The summed E-state index contributed by atoms with van der Waals surface area (Å²) in [5, 5.41) is 6.84. The van der Waals surface area contributed by atoms with E-state index in [2.05, 4.69) is 20.2 Å². The summed E-state index contributed by atoms with van der Waals surface area (Å²) in [7, 11) is 0. The Morgan fingerprint density at radius 3 is 2.96 bits per heavy atom. The van der Waals surface area contributed by atoms with E-state index in [1.165, 1.54) is 6.33 Å². The van der Waals surface area contributed by atoms with Gasteiger partial charge in [-0.25, -0.2) is 9.97 Å². The summed E-state index contributed by atoms with van der Waals surface area (Å²) in [6.45, 7) is 3.29. The van der Waals surface area contributed by atoms with E-state index < -0.39 is 0 Å². The molecule has 0 spiro atoms. The fourth-order valence-electron chi connectivity index (χ4n) is 3.39. The van der Waals surface area contributed by atoms with Crippen LogP contribution in [0.15, 0.2) is 41.1 Å². The highest BCUT2D eigenvalue weighted by atomic mass is 16.4. The molecule has 3 heterocycles. The number of aromatic nitrogens is 4. The Labute approximate surface area is 151 Å². The average Bonchev–Trinajstić information content (AvgIpc) is 3.33. The first-order valence-electron chi connectivity index (χ1n) is 8.85. The van der Waals surface area contributed by atoms with Crippen LogP contribution in [0.4, 0.5) is 0 Å². The summed E-state index contributed by atoms with van der Waals surface area (Å²) in [4.78, 5) is 23.5. The second kappa shape index (κ2) is 7.11. The molecule has 1 aliphatic rings. The van der Waals surface area contributed by atoms with E-state index in [-0.39, 0.29) is 18.2 Å². The number of carbonyl (C=O) groups is 1. The lowest BCUT2D eigenvalue weighted by Crippen LogP contribution is -2.40. The third-order valence-electron chi connectivity index (χ3n) is 4.83. The number of oxazole rings is 1. The molecule has 134 valence electrons. The van der Waals surface area contributed by atoms with E-state index in [1.807, 2.05) is 42.2 Å². The zero-order valence-electron chi connectivity index (χ0n) is 14.7. The monoisotopic (exact) mass is 351 g/mol. The van der Waals surface area contributed by atoms with Crippen LogP contribution < -0.4 is 0 Å². The molecule has 7 heteroatoms. The molecule has 1 aromatic carbocycles. The molecule has 0 radical (unpaired) electrons. The van der Waals surface area contributed by atoms with Crippen LogP contribution in [0.5, 0.6) is 0 Å². The maximum atomic E-state index is 12.8. The molecular weight excluding hydrogens is 330 g/mol. The Balaban J connectivity index is 1.45. The SMILES string of the molecule is Cc1oc(-c2ccccc2)nc1CC(=O)N1CCCC(c2ncn[nH]2)C1. The van der Waals surface area contributed by atoms with Crippen LogP contribution in [-0.2, 0) is 11.2 Å². The van der Waals surface area contributed by atoms with Gasteiger partial charge in [0.05, 0.1) is 12.1 Å². The van der Waals surface area contributed by atoms with Gasteiger partial charge in [-0.2, -0.15) is 5.10 Å². The lowest BCUT2D eigenvalue weighted by Gasteiger charge is -2.31. The van der Waals surface area contributed by atoms with Crippen molar-refractivity contribution in [3.63, 3.8) is 0 Å². The van der Waals surface area contributed by atoms with Crippen LogP contribution in [0.2, 0.25) is 0 Å². The van der Waals surface area contributed by atoms with Crippen LogP contribution in [-0.4, -0.2) is 44.1 Å². The van der Waals surface area contributed by atoms with Gasteiger partial charge in [-0.3, -0.25) is 9.89 Å². The molecule has 0 aliphatic carbocycles. The molecule has 1 aliphatic heterocycles. The van der Waals surface area contributed by atoms with Gasteiger partial charge in [-0.1, -0.05) is 18.2 Å². The van der Waals surface area contributed by atoms with Crippen LogP contribution in [0.25, 0.3) is 11.5 Å². The number of nitrogens with one attached hydrogen (secondary N) is 1. The third-order valence-corrected chi connectivity index (χ3v) is 4.83. The summed E-state index contributed by atoms with van der Waals surface area (Å²) >= 11 is 0. The molecule has 1 atom stereocenters. The Kier molecular flexibility index (Phi) is 4.51. The summed E-state index contributed by atoms with van der Waals surface area (Å²) in [6.07, 6.45) is 3.75. The van der Waals surface area contributed by atoms with Gasteiger partial charge >= 0.3 is 0 Å². The van der Waals surface area contributed by atoms with Gasteiger partial charge in [-0.15, -0.1) is 0 Å². The van der Waals surface area contributed by atoms with E-state index in [4.69, 9.17) is 4.42 Å². The first-order chi connectivity index (χ1) is 12.7. The second-order valence-corrected chi connectivity index (χ2v) is 6.61. The molecule has 26 heavy (non-hydrogen) atoms. The average molecular weight is 351 g/mol. The van der Waals surface area contributed by atoms with E-state index in [9.17, 15) is 4.79 Å². The summed E-state index contributed by atoms with van der Waals surface area (Å²) in [5.41, 5.74) is 1.62. The van der Waals surface area contributed by atoms with Gasteiger partial charge in [0.15, 0.2) is 0 Å². The normalized spacial score (nSPS) is 17.4. The van der Waals surface area contributed by atoms with Gasteiger partial charge in [0.1, 0.15) is 17.9 Å². The largest absolute Gasteiger partial charge is 0.441 e. The van der Waals surface area contributed by atoms with Gasteiger partial charge in [-0.05, 0) is 31.9 Å². The minimum absolute atomic E-state index is 0.0743. The van der Waals surface area contributed by atoms with Crippen molar-refractivity contribution in [1.82, 2.24) is 25.1 Å². The quantitative estimate of drug-likeness (QED) is 0.781. The number of nitrogens with zero attached hydrogens (tertiary/aromatic N) is 4. The molecule has 1 N–H and O–H groups in total. The van der Waals surface area contributed by atoms with Crippen LogP contribution >= 0.6 is 0 Å². The number of piperidine rings is 1. The van der Waals surface area contributed by atoms with Crippen molar-refractivity contribution < 1.29 is 9.21 Å². The molecule has 7 nitrogen and oxygen atoms in total. The third kappa shape index (κ3) is 3.37. The molecule has 2 aromatic heterocycles. The number of benzene rings is 1. The van der Waals surface area contributed by atoms with E-state index in [0.29, 0.717) is 23.9 Å². The Morgan fingerprint density at radius 1 is 1.35 bits per heavy atom. The van der Waals surface area contributed by atoms with Gasteiger partial charge in [0.25, 0.3) is 0 Å². The lowest BCUT2D eigenvalue weighted by atomic mass is 9.97. The highest BCUT2D eigenvalue weighted by Gasteiger charge is 2.27. The van der Waals surface area contributed by atoms with E-state index >= 15 is 0 Å². The zero-order chi connectivity index (χ0) is 17.9. The summed E-state index contributed by atoms with van der Waals surface area (Å²) in [6, 6.07) is 9.73.